The first-order valence-electron chi connectivity index (χ1n) is 6.11. The summed E-state index contributed by atoms with van der Waals surface area (Å²) in [5, 5.41) is 0. The van der Waals surface area contributed by atoms with Crippen LogP contribution < -0.4 is 4.74 Å². The van der Waals surface area contributed by atoms with Crippen molar-refractivity contribution in [1.29, 1.82) is 0 Å². The molecule has 2 aromatic carbocycles. The molecule has 0 aliphatic carbocycles. The van der Waals surface area contributed by atoms with Crippen LogP contribution in [0.15, 0.2) is 54.6 Å². The van der Waals surface area contributed by atoms with E-state index in [9.17, 15) is 9.59 Å². The molecule has 0 N–H and O–H groups in total. The van der Waals surface area contributed by atoms with Crippen molar-refractivity contribution in [3.05, 3.63) is 65.7 Å². The number of carbonyl (C=O) groups excluding carboxylic acids is 2. The number of carbonyl (C=O) groups is 2. The van der Waals surface area contributed by atoms with Crippen LogP contribution in [0.1, 0.15) is 29.3 Å². The highest BCUT2D eigenvalue weighted by atomic mass is 16.5. The van der Waals surface area contributed by atoms with Crippen LogP contribution in [-0.4, -0.2) is 11.8 Å². The molecule has 0 aromatic heterocycles. The van der Waals surface area contributed by atoms with Gasteiger partial charge in [-0.2, -0.15) is 0 Å². The molecule has 0 aliphatic rings. The van der Waals surface area contributed by atoms with E-state index in [-0.39, 0.29) is 11.8 Å². The van der Waals surface area contributed by atoms with Gasteiger partial charge in [-0.3, -0.25) is 9.59 Å². The molecule has 0 unspecified atom stereocenters. The van der Waals surface area contributed by atoms with Gasteiger partial charge in [-0.05, 0) is 12.1 Å². The van der Waals surface area contributed by atoms with Crippen LogP contribution in [0, 0.1) is 0 Å². The van der Waals surface area contributed by atoms with Gasteiger partial charge in [0.15, 0.2) is 5.78 Å². The van der Waals surface area contributed by atoms with Crippen molar-refractivity contribution in [3.8, 4) is 5.75 Å². The Morgan fingerprint density at radius 2 is 1.63 bits per heavy atom. The van der Waals surface area contributed by atoms with Gasteiger partial charge in [0.1, 0.15) is 5.75 Å². The summed E-state index contributed by atoms with van der Waals surface area (Å²) in [6.07, 6.45) is 0.302. The Morgan fingerprint density at radius 1 is 0.947 bits per heavy atom. The molecule has 0 fully saturated rings. The van der Waals surface area contributed by atoms with E-state index >= 15 is 0 Å². The third-order valence-electron chi connectivity index (χ3n) is 2.65. The molecular formula is C16H14O3. The zero-order valence-corrected chi connectivity index (χ0v) is 10.6. The van der Waals surface area contributed by atoms with Crippen molar-refractivity contribution in [2.24, 2.45) is 0 Å². The summed E-state index contributed by atoms with van der Waals surface area (Å²) in [4.78, 5) is 23.4. The number of rotatable bonds is 4. The van der Waals surface area contributed by atoms with Gasteiger partial charge < -0.3 is 4.74 Å². The summed E-state index contributed by atoms with van der Waals surface area (Å²) in [5.74, 6) is -0.00654. The SMILES string of the molecule is CCC(=O)Oc1cccc(C(=O)c2ccccc2)c1. The molecule has 2 aromatic rings. The fourth-order valence-electron chi connectivity index (χ4n) is 1.66. The van der Waals surface area contributed by atoms with Gasteiger partial charge in [0, 0.05) is 17.5 Å². The second-order valence-corrected chi connectivity index (χ2v) is 4.05. The topological polar surface area (TPSA) is 43.4 Å². The normalized spacial score (nSPS) is 9.95. The number of ketones is 1. The van der Waals surface area contributed by atoms with E-state index in [1.165, 1.54) is 0 Å². The van der Waals surface area contributed by atoms with Crippen molar-refractivity contribution in [2.75, 3.05) is 0 Å². The standard InChI is InChI=1S/C16H14O3/c1-2-15(17)19-14-10-6-9-13(11-14)16(18)12-7-4-3-5-8-12/h3-11H,2H2,1H3. The molecule has 3 heteroatoms. The molecule has 0 radical (unpaired) electrons. The van der Waals surface area contributed by atoms with Crippen LogP contribution in [0.3, 0.4) is 0 Å². The van der Waals surface area contributed by atoms with Gasteiger partial charge in [0.25, 0.3) is 0 Å². The van der Waals surface area contributed by atoms with Crippen LogP contribution in [0.2, 0.25) is 0 Å². The first-order chi connectivity index (χ1) is 9.20. The average Bonchev–Trinajstić information content (AvgIpc) is 2.47. The second kappa shape index (κ2) is 5.96. The van der Waals surface area contributed by atoms with Gasteiger partial charge in [-0.25, -0.2) is 0 Å². The molecule has 19 heavy (non-hydrogen) atoms. The summed E-state index contributed by atoms with van der Waals surface area (Å²) < 4.78 is 5.10. The van der Waals surface area contributed by atoms with Gasteiger partial charge in [-0.15, -0.1) is 0 Å². The molecule has 0 bridgehead atoms. The maximum absolute atomic E-state index is 12.2. The summed E-state index contributed by atoms with van der Waals surface area (Å²) in [7, 11) is 0. The van der Waals surface area contributed by atoms with Crippen molar-refractivity contribution in [1.82, 2.24) is 0 Å². The zero-order valence-electron chi connectivity index (χ0n) is 10.6. The monoisotopic (exact) mass is 254 g/mol. The quantitative estimate of drug-likeness (QED) is 0.478. The van der Waals surface area contributed by atoms with Crippen LogP contribution >= 0.6 is 0 Å². The van der Waals surface area contributed by atoms with Crippen LogP contribution in [-0.2, 0) is 4.79 Å². The van der Waals surface area contributed by atoms with Crippen LogP contribution in [0.25, 0.3) is 0 Å². The highest BCUT2D eigenvalue weighted by molar-refractivity contribution is 6.09. The van der Waals surface area contributed by atoms with E-state index in [2.05, 4.69) is 0 Å². The van der Waals surface area contributed by atoms with Gasteiger partial charge in [0.2, 0.25) is 0 Å². The fraction of sp³-hybridized carbons (Fsp3) is 0.125. The zero-order chi connectivity index (χ0) is 13.7. The molecule has 0 saturated carbocycles. The first kappa shape index (κ1) is 13.0. The lowest BCUT2D eigenvalue weighted by Crippen LogP contribution is -2.07. The van der Waals surface area contributed by atoms with Crippen LogP contribution in [0.5, 0.6) is 5.75 Å². The smallest absolute Gasteiger partial charge is 0.310 e. The Labute approximate surface area is 111 Å². The summed E-state index contributed by atoms with van der Waals surface area (Å²) in [6.45, 7) is 1.72. The van der Waals surface area contributed by atoms with Gasteiger partial charge in [-0.1, -0.05) is 49.4 Å². The van der Waals surface area contributed by atoms with Crippen molar-refractivity contribution in [3.63, 3.8) is 0 Å². The molecule has 2 rings (SSSR count). The molecule has 0 saturated heterocycles. The summed E-state index contributed by atoms with van der Waals surface area (Å²) in [5.41, 5.74) is 1.12. The Morgan fingerprint density at radius 3 is 2.32 bits per heavy atom. The lowest BCUT2D eigenvalue weighted by atomic mass is 10.0. The molecular weight excluding hydrogens is 240 g/mol. The predicted octanol–water partition coefficient (Wildman–Crippen LogP) is 3.23. The number of benzene rings is 2. The number of hydrogen-bond donors (Lipinski definition) is 0. The fourth-order valence-corrected chi connectivity index (χ4v) is 1.66. The third kappa shape index (κ3) is 3.28. The minimum atomic E-state index is -0.315. The Kier molecular flexibility index (Phi) is 4.08. The third-order valence-corrected chi connectivity index (χ3v) is 2.65. The highest BCUT2D eigenvalue weighted by Crippen LogP contribution is 2.17. The maximum atomic E-state index is 12.2. The summed E-state index contributed by atoms with van der Waals surface area (Å²) >= 11 is 0. The van der Waals surface area contributed by atoms with E-state index < -0.39 is 0 Å². The van der Waals surface area contributed by atoms with E-state index in [4.69, 9.17) is 4.74 Å². The predicted molar refractivity (Wildman–Crippen MR) is 72.2 cm³/mol. The minimum Gasteiger partial charge on any atom is -0.427 e. The largest absolute Gasteiger partial charge is 0.427 e. The van der Waals surface area contributed by atoms with E-state index in [1.54, 1.807) is 43.3 Å². The highest BCUT2D eigenvalue weighted by Gasteiger charge is 2.10. The lowest BCUT2D eigenvalue weighted by molar-refractivity contribution is -0.134. The van der Waals surface area contributed by atoms with E-state index in [0.717, 1.165) is 0 Å². The van der Waals surface area contributed by atoms with Crippen molar-refractivity contribution >= 4 is 11.8 Å². The van der Waals surface area contributed by atoms with Crippen LogP contribution in [0.4, 0.5) is 0 Å². The van der Waals surface area contributed by atoms with Gasteiger partial charge in [0.05, 0.1) is 0 Å². The average molecular weight is 254 g/mol. The Hall–Kier alpha value is -2.42. The lowest BCUT2D eigenvalue weighted by Gasteiger charge is -2.05. The number of esters is 1. The molecule has 0 spiro atoms. The summed E-state index contributed by atoms with van der Waals surface area (Å²) in [6, 6.07) is 15.7. The molecule has 96 valence electrons. The molecule has 0 atom stereocenters. The van der Waals surface area contributed by atoms with E-state index in [1.807, 2.05) is 18.2 Å². The van der Waals surface area contributed by atoms with Crippen molar-refractivity contribution < 1.29 is 14.3 Å². The number of hydrogen-bond acceptors (Lipinski definition) is 3. The van der Waals surface area contributed by atoms with Gasteiger partial charge >= 0.3 is 5.97 Å². The van der Waals surface area contributed by atoms with Crippen molar-refractivity contribution in [2.45, 2.75) is 13.3 Å². The molecule has 3 nitrogen and oxygen atoms in total. The second-order valence-electron chi connectivity index (χ2n) is 4.05. The first-order valence-corrected chi connectivity index (χ1v) is 6.11. The Balaban J connectivity index is 2.24. The maximum Gasteiger partial charge on any atom is 0.310 e. The number of ether oxygens (including phenoxy) is 1. The minimum absolute atomic E-state index is 0.0880. The molecule has 0 aliphatic heterocycles. The van der Waals surface area contributed by atoms with E-state index in [0.29, 0.717) is 23.3 Å². The molecule has 0 heterocycles. The molecule has 0 amide bonds. The Bertz CT molecular complexity index is 588.